The molecule has 0 amide bonds. The molecule has 4 heteroatoms. The zero-order valence-electron chi connectivity index (χ0n) is 4.64. The van der Waals surface area contributed by atoms with Crippen LogP contribution in [0.3, 0.4) is 0 Å². The van der Waals surface area contributed by atoms with Gasteiger partial charge in [-0.15, -0.1) is 0 Å². The normalized spacial score (nSPS) is 16.4. The fourth-order valence-corrected chi connectivity index (χ4v) is 0.524. The summed E-state index contributed by atoms with van der Waals surface area (Å²) in [6.07, 6.45) is 0.800. The van der Waals surface area contributed by atoms with Crippen LogP contribution in [0.2, 0.25) is 0 Å². The molecule has 0 saturated carbocycles. The molecule has 0 heterocycles. The van der Waals surface area contributed by atoms with Gasteiger partial charge < -0.3 is 4.89 Å². The van der Waals surface area contributed by atoms with E-state index in [4.69, 9.17) is 4.89 Å². The van der Waals surface area contributed by atoms with Crippen molar-refractivity contribution in [2.24, 2.45) is 0 Å². The average Bonchev–Trinajstić information content (AvgIpc) is 1.65. The monoisotopic (exact) mass is 164 g/mol. The molecule has 0 spiro atoms. The van der Waals surface area contributed by atoms with Crippen LogP contribution >= 0.6 is 8.03 Å². The molecule has 2 atom stereocenters. The van der Waals surface area contributed by atoms with E-state index in [0.717, 1.165) is 6.42 Å². The third-order valence-corrected chi connectivity index (χ3v) is 2.29. The molecule has 8 heavy (non-hydrogen) atoms. The van der Waals surface area contributed by atoms with E-state index in [9.17, 15) is 4.57 Å². The first kappa shape index (κ1) is 12.2. The Balaban J connectivity index is 0. The maximum atomic E-state index is 10.1. The van der Waals surface area contributed by atoms with Crippen LogP contribution in [0.5, 0.6) is 0 Å². The Labute approximate surface area is 80.5 Å². The van der Waals surface area contributed by atoms with E-state index in [0.29, 0.717) is 0 Å². The van der Waals surface area contributed by atoms with E-state index in [1.54, 1.807) is 6.92 Å². The third-order valence-electron chi connectivity index (χ3n) is 1.03. The molecule has 0 radical (unpaired) electrons. The summed E-state index contributed by atoms with van der Waals surface area (Å²) in [7, 11) is -2.21. The molecule has 2 unspecified atom stereocenters. The summed E-state index contributed by atoms with van der Waals surface area (Å²) >= 11 is 0. The molecule has 0 aliphatic heterocycles. The Morgan fingerprint density at radius 3 is 2.12 bits per heavy atom. The van der Waals surface area contributed by atoms with Crippen LogP contribution in [0.15, 0.2) is 0 Å². The maximum absolute atomic E-state index is 10.1. The Hall–Kier alpha value is 1.45. The van der Waals surface area contributed by atoms with Gasteiger partial charge in [-0.25, -0.2) is 0 Å². The fourth-order valence-electron chi connectivity index (χ4n) is 0.175. The van der Waals surface area contributed by atoms with Crippen LogP contribution in [0.1, 0.15) is 20.3 Å². The molecule has 0 aromatic heterocycles. The van der Waals surface area contributed by atoms with Gasteiger partial charge in [0.25, 0.3) is 0 Å². The summed E-state index contributed by atoms with van der Waals surface area (Å²) in [5, 5.41) is 0. The first-order valence-corrected chi connectivity index (χ1v) is 3.84. The molecule has 0 fully saturated rings. The molecule has 0 rings (SSSR count). The molecule has 0 aliphatic rings. The molecule has 0 aromatic rings. The van der Waals surface area contributed by atoms with Crippen molar-refractivity contribution in [1.29, 1.82) is 0 Å². The van der Waals surface area contributed by atoms with Gasteiger partial charge in [0.15, 0.2) is 8.03 Å². The van der Waals surface area contributed by atoms with Crippen LogP contribution in [-0.2, 0) is 4.57 Å². The van der Waals surface area contributed by atoms with Crippen LogP contribution in [0.4, 0.5) is 0 Å². The molecular formula is C4H13CaO2P. The quantitative estimate of drug-likeness (QED) is 0.472. The first-order chi connectivity index (χ1) is 3.18. The van der Waals surface area contributed by atoms with Crippen molar-refractivity contribution in [3.05, 3.63) is 0 Å². The second kappa shape index (κ2) is 6.57. The van der Waals surface area contributed by atoms with Gasteiger partial charge in [0.1, 0.15) is 0 Å². The van der Waals surface area contributed by atoms with Gasteiger partial charge in [-0.05, 0) is 6.42 Å². The molecule has 0 aromatic carbocycles. The second-order valence-electron chi connectivity index (χ2n) is 1.65. The molecular weight excluding hydrogens is 151 g/mol. The standard InChI is InChI=1S/C4H11O2P.Ca.2H/c1-3-4(2)7(5)6;;;/h4,7H,3H2,1-2H3,(H,5,6);;;. The van der Waals surface area contributed by atoms with Crippen LogP contribution in [-0.4, -0.2) is 48.3 Å². The first-order valence-electron chi connectivity index (χ1n) is 2.41. The van der Waals surface area contributed by atoms with Crippen molar-refractivity contribution in [1.82, 2.24) is 0 Å². The number of hydrogen-bond donors (Lipinski definition) is 1. The zero-order valence-corrected chi connectivity index (χ0v) is 5.64. The average molecular weight is 164 g/mol. The number of rotatable bonds is 2. The Bertz CT molecular complexity index is 76.4. The van der Waals surface area contributed by atoms with Crippen LogP contribution in [0, 0.1) is 0 Å². The molecule has 48 valence electrons. The van der Waals surface area contributed by atoms with E-state index in [1.807, 2.05) is 6.92 Å². The van der Waals surface area contributed by atoms with Gasteiger partial charge >= 0.3 is 37.7 Å². The predicted octanol–water partition coefficient (Wildman–Crippen LogP) is 0.336. The summed E-state index contributed by atoms with van der Waals surface area (Å²) in [5.41, 5.74) is 0.00463. The third kappa shape index (κ3) is 5.58. The van der Waals surface area contributed by atoms with E-state index in [2.05, 4.69) is 0 Å². The van der Waals surface area contributed by atoms with Gasteiger partial charge in [-0.3, -0.25) is 4.57 Å². The van der Waals surface area contributed by atoms with Crippen molar-refractivity contribution < 1.29 is 9.46 Å². The zero-order chi connectivity index (χ0) is 5.86. The van der Waals surface area contributed by atoms with Crippen molar-refractivity contribution in [2.45, 2.75) is 25.9 Å². The van der Waals surface area contributed by atoms with E-state index in [-0.39, 0.29) is 43.4 Å². The Morgan fingerprint density at radius 1 is 1.75 bits per heavy atom. The SMILES string of the molecule is CCC(C)[PH](=O)O.[CaH2]. The Kier molecular flexibility index (Phi) is 9.98. The van der Waals surface area contributed by atoms with Crippen molar-refractivity contribution in [3.63, 3.8) is 0 Å². The fraction of sp³-hybridized carbons (Fsp3) is 1.00. The van der Waals surface area contributed by atoms with Gasteiger partial charge in [-0.1, -0.05) is 13.8 Å². The molecule has 0 bridgehead atoms. The van der Waals surface area contributed by atoms with Gasteiger partial charge in [0.2, 0.25) is 0 Å². The van der Waals surface area contributed by atoms with Gasteiger partial charge in [0, 0.05) is 5.66 Å². The van der Waals surface area contributed by atoms with Gasteiger partial charge in [0.05, 0.1) is 0 Å². The summed E-state index contributed by atoms with van der Waals surface area (Å²) in [6.45, 7) is 3.69. The van der Waals surface area contributed by atoms with Crippen LogP contribution < -0.4 is 0 Å². The molecule has 2 nitrogen and oxygen atoms in total. The van der Waals surface area contributed by atoms with Gasteiger partial charge in [-0.2, -0.15) is 0 Å². The summed E-state index contributed by atoms with van der Waals surface area (Å²) in [4.78, 5) is 8.37. The predicted molar refractivity (Wildman–Crippen MR) is 39.5 cm³/mol. The summed E-state index contributed by atoms with van der Waals surface area (Å²) in [6, 6.07) is 0. The molecule has 0 saturated heterocycles. The second-order valence-corrected chi connectivity index (χ2v) is 3.31. The van der Waals surface area contributed by atoms with Crippen LogP contribution in [0.25, 0.3) is 0 Å². The number of hydrogen-bond acceptors (Lipinski definition) is 1. The summed E-state index contributed by atoms with van der Waals surface area (Å²) < 4.78 is 10.1. The molecule has 0 aliphatic carbocycles. The van der Waals surface area contributed by atoms with Crippen molar-refractivity contribution >= 4 is 45.8 Å². The van der Waals surface area contributed by atoms with E-state index >= 15 is 0 Å². The Morgan fingerprint density at radius 2 is 2.12 bits per heavy atom. The minimum atomic E-state index is -2.21. The summed E-state index contributed by atoms with van der Waals surface area (Å²) in [5.74, 6) is 0. The van der Waals surface area contributed by atoms with E-state index in [1.165, 1.54) is 0 Å². The minimum absolute atomic E-state index is 0. The topological polar surface area (TPSA) is 37.3 Å². The van der Waals surface area contributed by atoms with Crippen molar-refractivity contribution in [2.75, 3.05) is 0 Å². The van der Waals surface area contributed by atoms with Crippen molar-refractivity contribution in [3.8, 4) is 0 Å². The van der Waals surface area contributed by atoms with E-state index < -0.39 is 8.03 Å². The molecule has 1 N–H and O–H groups in total.